The van der Waals surface area contributed by atoms with Crippen LogP contribution < -0.4 is 16.2 Å². The first-order valence-corrected chi connectivity index (χ1v) is 8.90. The summed E-state index contributed by atoms with van der Waals surface area (Å²) < 4.78 is 1.72. The number of anilines is 1. The van der Waals surface area contributed by atoms with Gasteiger partial charge in [-0.05, 0) is 51.5 Å². The Morgan fingerprint density at radius 3 is 2.48 bits per heavy atom. The lowest BCUT2D eigenvalue weighted by Gasteiger charge is -2.21. The SMILES string of the molecule is C[C@@H](c1ccccc1)n1c(=O)cnc2cc(NC(=O)NC(C)(C)C)ccc21. The maximum absolute atomic E-state index is 12.5. The summed E-state index contributed by atoms with van der Waals surface area (Å²) in [6.45, 7) is 7.73. The van der Waals surface area contributed by atoms with Crippen LogP contribution in [-0.4, -0.2) is 21.1 Å². The number of aromatic nitrogens is 2. The van der Waals surface area contributed by atoms with Crippen LogP contribution >= 0.6 is 0 Å². The highest BCUT2D eigenvalue weighted by molar-refractivity contribution is 5.92. The second-order valence-electron chi connectivity index (χ2n) is 7.59. The van der Waals surface area contributed by atoms with E-state index in [1.165, 1.54) is 6.20 Å². The molecule has 6 nitrogen and oxygen atoms in total. The van der Waals surface area contributed by atoms with Gasteiger partial charge in [0.25, 0.3) is 5.56 Å². The van der Waals surface area contributed by atoms with Crippen molar-refractivity contribution in [1.29, 1.82) is 0 Å². The van der Waals surface area contributed by atoms with Crippen molar-refractivity contribution in [2.45, 2.75) is 39.3 Å². The molecule has 0 aliphatic heterocycles. The Hall–Kier alpha value is -3.15. The summed E-state index contributed by atoms with van der Waals surface area (Å²) in [6, 6.07) is 14.8. The van der Waals surface area contributed by atoms with Gasteiger partial charge in [0.2, 0.25) is 0 Å². The van der Waals surface area contributed by atoms with Crippen LogP contribution in [-0.2, 0) is 0 Å². The molecule has 3 rings (SSSR count). The summed E-state index contributed by atoms with van der Waals surface area (Å²) in [4.78, 5) is 28.8. The van der Waals surface area contributed by atoms with E-state index >= 15 is 0 Å². The molecule has 0 radical (unpaired) electrons. The first kappa shape index (κ1) is 18.6. The number of carbonyl (C=O) groups is 1. The van der Waals surface area contributed by atoms with Gasteiger partial charge in [0.15, 0.2) is 0 Å². The van der Waals surface area contributed by atoms with E-state index in [4.69, 9.17) is 0 Å². The second-order valence-corrected chi connectivity index (χ2v) is 7.59. The Labute approximate surface area is 158 Å². The van der Waals surface area contributed by atoms with Crippen LogP contribution in [0.2, 0.25) is 0 Å². The molecular formula is C21H24N4O2. The van der Waals surface area contributed by atoms with Gasteiger partial charge < -0.3 is 10.6 Å². The molecule has 0 aliphatic rings. The average Bonchev–Trinajstić information content (AvgIpc) is 2.60. The van der Waals surface area contributed by atoms with Gasteiger partial charge >= 0.3 is 6.03 Å². The Kier molecular flexibility index (Phi) is 4.99. The molecule has 1 atom stereocenters. The van der Waals surface area contributed by atoms with Crippen molar-refractivity contribution < 1.29 is 4.79 Å². The zero-order valence-corrected chi connectivity index (χ0v) is 16.0. The smallest absolute Gasteiger partial charge is 0.319 e. The normalized spacial score (nSPS) is 12.6. The average molecular weight is 364 g/mol. The van der Waals surface area contributed by atoms with Crippen LogP contribution in [0.3, 0.4) is 0 Å². The topological polar surface area (TPSA) is 76.0 Å². The number of hydrogen-bond acceptors (Lipinski definition) is 3. The number of hydrogen-bond donors (Lipinski definition) is 2. The van der Waals surface area contributed by atoms with E-state index in [1.807, 2.05) is 64.1 Å². The molecule has 3 aromatic rings. The third kappa shape index (κ3) is 4.34. The molecule has 0 saturated heterocycles. The monoisotopic (exact) mass is 364 g/mol. The molecule has 1 aromatic heterocycles. The van der Waals surface area contributed by atoms with E-state index in [0.717, 1.165) is 11.1 Å². The third-order valence-corrected chi connectivity index (χ3v) is 4.20. The Morgan fingerprint density at radius 2 is 1.81 bits per heavy atom. The number of rotatable bonds is 3. The zero-order valence-electron chi connectivity index (χ0n) is 16.0. The molecule has 0 spiro atoms. The van der Waals surface area contributed by atoms with Crippen molar-refractivity contribution in [3.8, 4) is 0 Å². The number of carbonyl (C=O) groups excluding carboxylic acids is 1. The summed E-state index contributed by atoms with van der Waals surface area (Å²) in [7, 11) is 0. The van der Waals surface area contributed by atoms with E-state index in [0.29, 0.717) is 11.2 Å². The molecule has 6 heteroatoms. The summed E-state index contributed by atoms with van der Waals surface area (Å²) in [6.07, 6.45) is 1.32. The fourth-order valence-electron chi connectivity index (χ4n) is 3.00. The van der Waals surface area contributed by atoms with Crippen LogP contribution in [0.15, 0.2) is 59.5 Å². The van der Waals surface area contributed by atoms with Crippen molar-refractivity contribution in [2.24, 2.45) is 0 Å². The van der Waals surface area contributed by atoms with Crippen molar-refractivity contribution in [3.63, 3.8) is 0 Å². The van der Waals surface area contributed by atoms with Crippen molar-refractivity contribution in [1.82, 2.24) is 14.9 Å². The summed E-state index contributed by atoms with van der Waals surface area (Å²) in [5, 5.41) is 5.66. The fraction of sp³-hybridized carbons (Fsp3) is 0.286. The Bertz CT molecular complexity index is 1020. The molecule has 2 amide bonds. The minimum atomic E-state index is -0.329. The largest absolute Gasteiger partial charge is 0.333 e. The molecule has 1 heterocycles. The maximum atomic E-state index is 12.5. The zero-order chi connectivity index (χ0) is 19.6. The molecule has 0 saturated carbocycles. The lowest BCUT2D eigenvalue weighted by molar-refractivity contribution is 0.244. The highest BCUT2D eigenvalue weighted by Gasteiger charge is 2.16. The maximum Gasteiger partial charge on any atom is 0.319 e. The number of nitrogens with zero attached hydrogens (tertiary/aromatic N) is 2. The van der Waals surface area contributed by atoms with E-state index in [-0.39, 0.29) is 23.2 Å². The minimum absolute atomic E-state index is 0.132. The second kappa shape index (κ2) is 7.23. The van der Waals surface area contributed by atoms with Gasteiger partial charge in [-0.1, -0.05) is 30.3 Å². The fourth-order valence-corrected chi connectivity index (χ4v) is 3.00. The number of benzene rings is 2. The van der Waals surface area contributed by atoms with E-state index in [1.54, 1.807) is 16.7 Å². The molecule has 0 fully saturated rings. The van der Waals surface area contributed by atoms with E-state index in [9.17, 15) is 9.59 Å². The van der Waals surface area contributed by atoms with Crippen LogP contribution in [0.4, 0.5) is 10.5 Å². The van der Waals surface area contributed by atoms with E-state index in [2.05, 4.69) is 15.6 Å². The summed E-state index contributed by atoms with van der Waals surface area (Å²) >= 11 is 0. The van der Waals surface area contributed by atoms with Gasteiger partial charge in [-0.15, -0.1) is 0 Å². The third-order valence-electron chi connectivity index (χ3n) is 4.20. The lowest BCUT2D eigenvalue weighted by Crippen LogP contribution is -2.43. The molecule has 0 unspecified atom stereocenters. The summed E-state index contributed by atoms with van der Waals surface area (Å²) in [5.74, 6) is 0. The summed E-state index contributed by atoms with van der Waals surface area (Å²) in [5.41, 5.74) is 2.54. The standard InChI is InChI=1S/C21H24N4O2/c1-14(15-8-6-5-7-9-15)25-18-11-10-16(12-17(18)22-13-19(25)26)23-20(27)24-21(2,3)4/h5-14H,1-4H3,(H2,23,24,27)/t14-/m0/s1. The van der Waals surface area contributed by atoms with Crippen molar-refractivity contribution >= 4 is 22.8 Å². The van der Waals surface area contributed by atoms with Gasteiger partial charge in [0.05, 0.1) is 23.3 Å². The van der Waals surface area contributed by atoms with Gasteiger partial charge in [-0.2, -0.15) is 0 Å². The highest BCUT2D eigenvalue weighted by atomic mass is 16.2. The Morgan fingerprint density at radius 1 is 1.11 bits per heavy atom. The van der Waals surface area contributed by atoms with Gasteiger partial charge in [0, 0.05) is 11.2 Å². The molecular weight excluding hydrogens is 340 g/mol. The molecule has 2 N–H and O–H groups in total. The van der Waals surface area contributed by atoms with Crippen molar-refractivity contribution in [2.75, 3.05) is 5.32 Å². The van der Waals surface area contributed by atoms with Crippen LogP contribution in [0.5, 0.6) is 0 Å². The lowest BCUT2D eigenvalue weighted by atomic mass is 10.1. The van der Waals surface area contributed by atoms with Gasteiger partial charge in [-0.25, -0.2) is 9.78 Å². The predicted molar refractivity (Wildman–Crippen MR) is 108 cm³/mol. The van der Waals surface area contributed by atoms with Gasteiger partial charge in [0.1, 0.15) is 0 Å². The molecule has 0 aliphatic carbocycles. The highest BCUT2D eigenvalue weighted by Crippen LogP contribution is 2.22. The van der Waals surface area contributed by atoms with Crippen molar-refractivity contribution in [3.05, 3.63) is 70.6 Å². The van der Waals surface area contributed by atoms with E-state index < -0.39 is 0 Å². The number of nitrogens with one attached hydrogen (secondary N) is 2. The van der Waals surface area contributed by atoms with Crippen LogP contribution in [0.25, 0.3) is 11.0 Å². The molecule has 140 valence electrons. The first-order chi connectivity index (χ1) is 12.7. The molecule has 2 aromatic carbocycles. The number of fused-ring (bicyclic) bond motifs is 1. The minimum Gasteiger partial charge on any atom is -0.333 e. The number of amides is 2. The molecule has 0 bridgehead atoms. The number of urea groups is 1. The Balaban J connectivity index is 1.97. The van der Waals surface area contributed by atoms with Crippen LogP contribution in [0.1, 0.15) is 39.3 Å². The van der Waals surface area contributed by atoms with Crippen LogP contribution in [0, 0.1) is 0 Å². The predicted octanol–water partition coefficient (Wildman–Crippen LogP) is 3.93. The quantitative estimate of drug-likeness (QED) is 0.739. The molecule has 27 heavy (non-hydrogen) atoms. The first-order valence-electron chi connectivity index (χ1n) is 8.90. The van der Waals surface area contributed by atoms with Gasteiger partial charge in [-0.3, -0.25) is 9.36 Å².